The van der Waals surface area contributed by atoms with Gasteiger partial charge in [-0.15, -0.1) is 0 Å². The van der Waals surface area contributed by atoms with Crippen molar-refractivity contribution in [1.82, 2.24) is 9.78 Å². The van der Waals surface area contributed by atoms with E-state index in [1.54, 1.807) is 30.1 Å². The van der Waals surface area contributed by atoms with Gasteiger partial charge in [-0.05, 0) is 19.4 Å². The van der Waals surface area contributed by atoms with Crippen LogP contribution in [0.3, 0.4) is 0 Å². The minimum absolute atomic E-state index is 0.214. The fourth-order valence-electron chi connectivity index (χ4n) is 1.17. The van der Waals surface area contributed by atoms with Crippen LogP contribution in [-0.4, -0.2) is 22.4 Å². The van der Waals surface area contributed by atoms with E-state index in [4.69, 9.17) is 4.74 Å². The average molecular weight is 182 g/mol. The Morgan fingerprint density at radius 1 is 1.62 bits per heavy atom. The molecule has 0 saturated carbocycles. The SMILES string of the molecule is CCOC(=O)[C@@H](CC)n1cccn1. The van der Waals surface area contributed by atoms with Crippen molar-refractivity contribution in [3.8, 4) is 0 Å². The van der Waals surface area contributed by atoms with Crippen molar-refractivity contribution < 1.29 is 9.53 Å². The fourth-order valence-corrected chi connectivity index (χ4v) is 1.17. The summed E-state index contributed by atoms with van der Waals surface area (Å²) in [5, 5.41) is 4.01. The molecule has 0 saturated heterocycles. The zero-order chi connectivity index (χ0) is 9.68. The van der Waals surface area contributed by atoms with Crippen LogP contribution in [-0.2, 0) is 9.53 Å². The molecule has 0 fully saturated rings. The summed E-state index contributed by atoms with van der Waals surface area (Å²) in [6, 6.07) is 1.51. The van der Waals surface area contributed by atoms with Gasteiger partial charge in [-0.1, -0.05) is 6.92 Å². The molecule has 72 valence electrons. The summed E-state index contributed by atoms with van der Waals surface area (Å²) >= 11 is 0. The number of carbonyl (C=O) groups is 1. The van der Waals surface area contributed by atoms with Gasteiger partial charge in [-0.2, -0.15) is 5.10 Å². The zero-order valence-corrected chi connectivity index (χ0v) is 7.93. The Morgan fingerprint density at radius 3 is 2.85 bits per heavy atom. The van der Waals surface area contributed by atoms with E-state index in [1.165, 1.54) is 0 Å². The highest BCUT2D eigenvalue weighted by molar-refractivity contribution is 5.73. The van der Waals surface area contributed by atoms with E-state index in [2.05, 4.69) is 5.10 Å². The van der Waals surface area contributed by atoms with Crippen molar-refractivity contribution in [3.05, 3.63) is 18.5 Å². The minimum atomic E-state index is -0.282. The maximum Gasteiger partial charge on any atom is 0.330 e. The maximum atomic E-state index is 11.4. The predicted octanol–water partition coefficient (Wildman–Crippen LogP) is 1.40. The van der Waals surface area contributed by atoms with Crippen molar-refractivity contribution >= 4 is 5.97 Å². The van der Waals surface area contributed by atoms with Crippen molar-refractivity contribution in [1.29, 1.82) is 0 Å². The van der Waals surface area contributed by atoms with Crippen LogP contribution in [0.2, 0.25) is 0 Å². The summed E-state index contributed by atoms with van der Waals surface area (Å²) in [7, 11) is 0. The molecule has 0 aliphatic rings. The third-order valence-electron chi connectivity index (χ3n) is 1.79. The molecule has 0 bridgehead atoms. The largest absolute Gasteiger partial charge is 0.464 e. The van der Waals surface area contributed by atoms with Gasteiger partial charge in [-0.3, -0.25) is 4.68 Å². The molecule has 1 aromatic rings. The second-order valence-corrected chi connectivity index (χ2v) is 2.66. The van der Waals surface area contributed by atoms with Gasteiger partial charge >= 0.3 is 5.97 Å². The van der Waals surface area contributed by atoms with Crippen LogP contribution in [0.1, 0.15) is 26.3 Å². The van der Waals surface area contributed by atoms with Crippen LogP contribution >= 0.6 is 0 Å². The highest BCUT2D eigenvalue weighted by atomic mass is 16.5. The molecule has 1 atom stereocenters. The topological polar surface area (TPSA) is 44.1 Å². The van der Waals surface area contributed by atoms with Crippen LogP contribution in [0.15, 0.2) is 18.5 Å². The van der Waals surface area contributed by atoms with Gasteiger partial charge in [0, 0.05) is 12.4 Å². The first-order valence-electron chi connectivity index (χ1n) is 4.45. The van der Waals surface area contributed by atoms with Crippen LogP contribution in [0.5, 0.6) is 0 Å². The van der Waals surface area contributed by atoms with Gasteiger partial charge in [0.05, 0.1) is 6.61 Å². The van der Waals surface area contributed by atoms with Crippen molar-refractivity contribution in [2.24, 2.45) is 0 Å². The first-order chi connectivity index (χ1) is 6.29. The van der Waals surface area contributed by atoms with Crippen molar-refractivity contribution in [2.45, 2.75) is 26.3 Å². The number of nitrogens with zero attached hydrogens (tertiary/aromatic N) is 2. The minimum Gasteiger partial charge on any atom is -0.464 e. The van der Waals surface area contributed by atoms with Crippen molar-refractivity contribution in [2.75, 3.05) is 6.61 Å². The highest BCUT2D eigenvalue weighted by Gasteiger charge is 2.19. The van der Waals surface area contributed by atoms with E-state index in [0.717, 1.165) is 0 Å². The number of aromatic nitrogens is 2. The van der Waals surface area contributed by atoms with Crippen LogP contribution in [0.25, 0.3) is 0 Å². The second kappa shape index (κ2) is 4.64. The fraction of sp³-hybridized carbons (Fsp3) is 0.556. The molecule has 1 aromatic heterocycles. The van der Waals surface area contributed by atoms with Gasteiger partial charge in [0.1, 0.15) is 6.04 Å². The molecule has 0 aliphatic carbocycles. The number of hydrogen-bond donors (Lipinski definition) is 0. The van der Waals surface area contributed by atoms with E-state index in [1.807, 2.05) is 6.92 Å². The molecule has 13 heavy (non-hydrogen) atoms. The lowest BCUT2D eigenvalue weighted by molar-refractivity contribution is -0.147. The average Bonchev–Trinajstić information content (AvgIpc) is 2.59. The van der Waals surface area contributed by atoms with Gasteiger partial charge in [0.25, 0.3) is 0 Å². The normalized spacial score (nSPS) is 12.5. The van der Waals surface area contributed by atoms with E-state index >= 15 is 0 Å². The van der Waals surface area contributed by atoms with E-state index in [-0.39, 0.29) is 12.0 Å². The van der Waals surface area contributed by atoms with Gasteiger partial charge < -0.3 is 4.74 Å². The molecule has 1 heterocycles. The Kier molecular flexibility index (Phi) is 3.49. The van der Waals surface area contributed by atoms with E-state index in [0.29, 0.717) is 13.0 Å². The molecule has 0 unspecified atom stereocenters. The van der Waals surface area contributed by atoms with Crippen LogP contribution in [0, 0.1) is 0 Å². The quantitative estimate of drug-likeness (QED) is 0.661. The van der Waals surface area contributed by atoms with Gasteiger partial charge in [-0.25, -0.2) is 4.79 Å². The summed E-state index contributed by atoms with van der Waals surface area (Å²) in [6.07, 6.45) is 4.12. The molecule has 4 heteroatoms. The standard InChI is InChI=1S/C9H14N2O2/c1-3-8(9(12)13-4-2)11-7-5-6-10-11/h5-8H,3-4H2,1-2H3/t8-/m1/s1. The summed E-state index contributed by atoms with van der Waals surface area (Å²) < 4.78 is 6.54. The number of esters is 1. The monoisotopic (exact) mass is 182 g/mol. The summed E-state index contributed by atoms with van der Waals surface area (Å²) in [6.45, 7) is 4.15. The maximum absolute atomic E-state index is 11.4. The van der Waals surface area contributed by atoms with Crippen LogP contribution in [0.4, 0.5) is 0 Å². The lowest BCUT2D eigenvalue weighted by atomic mass is 10.2. The van der Waals surface area contributed by atoms with Crippen molar-refractivity contribution in [3.63, 3.8) is 0 Å². The van der Waals surface area contributed by atoms with Gasteiger partial charge in [0.15, 0.2) is 0 Å². The molecular weight excluding hydrogens is 168 g/mol. The molecule has 0 aromatic carbocycles. The predicted molar refractivity (Wildman–Crippen MR) is 48.2 cm³/mol. The molecule has 0 radical (unpaired) electrons. The number of carbonyl (C=O) groups excluding carboxylic acids is 1. The summed E-state index contributed by atoms with van der Waals surface area (Å²) in [5.41, 5.74) is 0. The zero-order valence-electron chi connectivity index (χ0n) is 7.93. The first-order valence-corrected chi connectivity index (χ1v) is 4.45. The van der Waals surface area contributed by atoms with Gasteiger partial charge in [0.2, 0.25) is 0 Å². The molecule has 4 nitrogen and oxygen atoms in total. The Morgan fingerprint density at radius 2 is 2.38 bits per heavy atom. The lowest BCUT2D eigenvalue weighted by Gasteiger charge is -2.13. The van der Waals surface area contributed by atoms with Crippen LogP contribution < -0.4 is 0 Å². The summed E-state index contributed by atoms with van der Waals surface area (Å²) in [5.74, 6) is -0.214. The number of hydrogen-bond acceptors (Lipinski definition) is 3. The Bertz CT molecular complexity index is 257. The second-order valence-electron chi connectivity index (χ2n) is 2.66. The molecule has 0 N–H and O–H groups in total. The first kappa shape index (κ1) is 9.77. The summed E-state index contributed by atoms with van der Waals surface area (Å²) in [4.78, 5) is 11.4. The Hall–Kier alpha value is -1.32. The van der Waals surface area contributed by atoms with E-state index in [9.17, 15) is 4.79 Å². The Balaban J connectivity index is 2.68. The third-order valence-corrected chi connectivity index (χ3v) is 1.79. The molecule has 0 aliphatic heterocycles. The molecular formula is C9H14N2O2. The highest BCUT2D eigenvalue weighted by Crippen LogP contribution is 2.11. The Labute approximate surface area is 77.5 Å². The molecule has 0 amide bonds. The molecule has 1 rings (SSSR count). The van der Waals surface area contributed by atoms with E-state index < -0.39 is 0 Å². The smallest absolute Gasteiger partial charge is 0.330 e. The lowest BCUT2D eigenvalue weighted by Crippen LogP contribution is -2.21. The third kappa shape index (κ3) is 2.31. The number of ether oxygens (including phenoxy) is 1. The molecule has 0 spiro atoms. The number of rotatable bonds is 4.